The third-order valence-electron chi connectivity index (χ3n) is 2.02. The smallest absolute Gasteiger partial charge is 0.238 e. The van der Waals surface area contributed by atoms with Gasteiger partial charge in [0.05, 0.1) is 11.1 Å². The minimum Gasteiger partial charge on any atom is -0.461 e. The average Bonchev–Trinajstić information content (AvgIpc) is 2.87. The first-order valence-corrected chi connectivity index (χ1v) is 5.50. The molecule has 2 heterocycles. The molecule has 3 nitrogen and oxygen atoms in total. The number of thiophene rings is 1. The van der Waals surface area contributed by atoms with Gasteiger partial charge in [0.15, 0.2) is 5.76 Å². The molecule has 0 saturated heterocycles. The van der Waals surface area contributed by atoms with Crippen LogP contribution in [0.4, 0.5) is 0 Å². The van der Waals surface area contributed by atoms with Gasteiger partial charge in [0.2, 0.25) is 5.78 Å². The van der Waals surface area contributed by atoms with Crippen molar-refractivity contribution in [1.82, 2.24) is 0 Å². The summed E-state index contributed by atoms with van der Waals surface area (Å²) in [5.41, 5.74) is 5.44. The van der Waals surface area contributed by atoms with Crippen molar-refractivity contribution in [1.29, 1.82) is 0 Å². The molecule has 78 valence electrons. The van der Waals surface area contributed by atoms with Gasteiger partial charge in [-0.05, 0) is 37.2 Å². The maximum atomic E-state index is 11.8. The van der Waals surface area contributed by atoms with Gasteiger partial charge in [0, 0.05) is 4.88 Å². The van der Waals surface area contributed by atoms with E-state index >= 15 is 0 Å². The van der Waals surface area contributed by atoms with Crippen molar-refractivity contribution in [3.8, 4) is 0 Å². The molecular weight excluding hydrogens is 210 g/mol. The fourth-order valence-electron chi connectivity index (χ4n) is 1.31. The third kappa shape index (κ3) is 2.16. The molecule has 15 heavy (non-hydrogen) atoms. The highest BCUT2D eigenvalue weighted by atomic mass is 32.1. The van der Waals surface area contributed by atoms with E-state index in [1.54, 1.807) is 12.1 Å². The van der Waals surface area contributed by atoms with E-state index in [0.29, 0.717) is 17.2 Å². The standard InChI is InChI=1S/C11H11NO2S/c12-6-5-8-3-4-10(15-8)11(13)9-2-1-7-14-9/h1-4,7H,5-6,12H2. The molecule has 0 unspecified atom stereocenters. The first kappa shape index (κ1) is 10.1. The van der Waals surface area contributed by atoms with Crippen LogP contribution in [0.3, 0.4) is 0 Å². The van der Waals surface area contributed by atoms with Crippen molar-refractivity contribution in [2.45, 2.75) is 6.42 Å². The van der Waals surface area contributed by atoms with Crippen molar-refractivity contribution in [2.24, 2.45) is 5.73 Å². The maximum absolute atomic E-state index is 11.8. The zero-order chi connectivity index (χ0) is 10.7. The van der Waals surface area contributed by atoms with Gasteiger partial charge in [-0.3, -0.25) is 4.79 Å². The van der Waals surface area contributed by atoms with Gasteiger partial charge in [0.1, 0.15) is 0 Å². The van der Waals surface area contributed by atoms with Gasteiger partial charge >= 0.3 is 0 Å². The van der Waals surface area contributed by atoms with Crippen LogP contribution in [0.2, 0.25) is 0 Å². The summed E-state index contributed by atoms with van der Waals surface area (Å²) in [4.78, 5) is 13.6. The predicted octanol–water partition coefficient (Wildman–Crippen LogP) is 2.07. The molecule has 2 aromatic rings. The molecule has 0 aromatic carbocycles. The highest BCUT2D eigenvalue weighted by molar-refractivity contribution is 7.14. The number of carbonyl (C=O) groups excluding carboxylic acids is 1. The Balaban J connectivity index is 2.19. The molecule has 0 amide bonds. The van der Waals surface area contributed by atoms with Crippen LogP contribution in [0.25, 0.3) is 0 Å². The first-order valence-electron chi connectivity index (χ1n) is 4.68. The number of carbonyl (C=O) groups is 1. The fraction of sp³-hybridized carbons (Fsp3) is 0.182. The second-order valence-corrected chi connectivity index (χ2v) is 4.28. The van der Waals surface area contributed by atoms with Crippen LogP contribution < -0.4 is 5.73 Å². The monoisotopic (exact) mass is 221 g/mol. The van der Waals surface area contributed by atoms with E-state index in [1.165, 1.54) is 17.6 Å². The lowest BCUT2D eigenvalue weighted by atomic mass is 10.2. The number of hydrogen-bond acceptors (Lipinski definition) is 4. The highest BCUT2D eigenvalue weighted by Crippen LogP contribution is 2.20. The second kappa shape index (κ2) is 4.42. The zero-order valence-electron chi connectivity index (χ0n) is 8.10. The summed E-state index contributed by atoms with van der Waals surface area (Å²) in [6.45, 7) is 0.606. The Labute approximate surface area is 91.5 Å². The zero-order valence-corrected chi connectivity index (χ0v) is 8.92. The van der Waals surface area contributed by atoms with Crippen LogP contribution in [0.5, 0.6) is 0 Å². The van der Waals surface area contributed by atoms with E-state index in [0.717, 1.165) is 11.3 Å². The van der Waals surface area contributed by atoms with E-state index in [9.17, 15) is 4.79 Å². The molecule has 0 aliphatic carbocycles. The molecule has 0 aliphatic heterocycles. The predicted molar refractivity (Wildman–Crippen MR) is 59.2 cm³/mol. The van der Waals surface area contributed by atoms with Crippen molar-refractivity contribution in [2.75, 3.05) is 6.54 Å². The number of rotatable bonds is 4. The van der Waals surface area contributed by atoms with Crippen LogP contribution in [-0.4, -0.2) is 12.3 Å². The highest BCUT2D eigenvalue weighted by Gasteiger charge is 2.13. The summed E-state index contributed by atoms with van der Waals surface area (Å²) in [7, 11) is 0. The summed E-state index contributed by atoms with van der Waals surface area (Å²) < 4.78 is 5.05. The Morgan fingerprint density at radius 1 is 1.40 bits per heavy atom. The van der Waals surface area contributed by atoms with E-state index in [4.69, 9.17) is 10.2 Å². The molecule has 0 bridgehead atoms. The molecule has 4 heteroatoms. The summed E-state index contributed by atoms with van der Waals surface area (Å²) in [5.74, 6) is 0.324. The summed E-state index contributed by atoms with van der Waals surface area (Å²) in [6, 6.07) is 7.14. The van der Waals surface area contributed by atoms with Crippen LogP contribution in [0, 0.1) is 0 Å². The largest absolute Gasteiger partial charge is 0.461 e. The third-order valence-corrected chi connectivity index (χ3v) is 3.16. The van der Waals surface area contributed by atoms with Crippen LogP contribution in [0.15, 0.2) is 34.9 Å². The van der Waals surface area contributed by atoms with Crippen LogP contribution in [-0.2, 0) is 6.42 Å². The molecule has 0 fully saturated rings. The number of nitrogens with two attached hydrogens (primary N) is 1. The summed E-state index contributed by atoms with van der Waals surface area (Å²) in [6.07, 6.45) is 2.32. The Kier molecular flexibility index (Phi) is 2.99. The molecule has 2 aromatic heterocycles. The molecule has 0 atom stereocenters. The first-order chi connectivity index (χ1) is 7.31. The van der Waals surface area contributed by atoms with E-state index in [-0.39, 0.29) is 5.78 Å². The number of ketones is 1. The van der Waals surface area contributed by atoms with Crippen molar-refractivity contribution in [3.05, 3.63) is 46.0 Å². The van der Waals surface area contributed by atoms with Gasteiger partial charge in [-0.2, -0.15) is 0 Å². The number of furan rings is 1. The lowest BCUT2D eigenvalue weighted by molar-refractivity contribution is 0.101. The molecule has 0 radical (unpaired) electrons. The minimum absolute atomic E-state index is 0.0618. The van der Waals surface area contributed by atoms with Gasteiger partial charge in [-0.1, -0.05) is 0 Å². The van der Waals surface area contributed by atoms with Gasteiger partial charge in [-0.25, -0.2) is 0 Å². The molecule has 0 saturated carbocycles. The molecular formula is C11H11NO2S. The summed E-state index contributed by atoms with van der Waals surface area (Å²) in [5, 5.41) is 0. The van der Waals surface area contributed by atoms with E-state index in [2.05, 4.69) is 0 Å². The van der Waals surface area contributed by atoms with E-state index in [1.807, 2.05) is 12.1 Å². The Bertz CT molecular complexity index is 445. The summed E-state index contributed by atoms with van der Waals surface area (Å²) >= 11 is 1.47. The maximum Gasteiger partial charge on any atom is 0.238 e. The average molecular weight is 221 g/mol. The van der Waals surface area contributed by atoms with Gasteiger partial charge < -0.3 is 10.2 Å². The fourth-order valence-corrected chi connectivity index (χ4v) is 2.27. The van der Waals surface area contributed by atoms with Crippen molar-refractivity contribution in [3.63, 3.8) is 0 Å². The van der Waals surface area contributed by atoms with Crippen LogP contribution in [0.1, 0.15) is 20.3 Å². The minimum atomic E-state index is -0.0618. The Morgan fingerprint density at radius 3 is 2.93 bits per heavy atom. The molecule has 2 rings (SSSR count). The molecule has 0 spiro atoms. The lowest BCUT2D eigenvalue weighted by Crippen LogP contribution is -2.00. The molecule has 0 aliphatic rings. The topological polar surface area (TPSA) is 56.2 Å². The van der Waals surface area contributed by atoms with Crippen molar-refractivity contribution < 1.29 is 9.21 Å². The van der Waals surface area contributed by atoms with E-state index < -0.39 is 0 Å². The van der Waals surface area contributed by atoms with Crippen molar-refractivity contribution >= 4 is 17.1 Å². The normalized spacial score (nSPS) is 10.5. The SMILES string of the molecule is NCCc1ccc(C(=O)c2ccco2)s1. The van der Waals surface area contributed by atoms with Crippen LogP contribution >= 0.6 is 11.3 Å². The number of hydrogen-bond donors (Lipinski definition) is 1. The Hall–Kier alpha value is -1.39. The quantitative estimate of drug-likeness (QED) is 0.804. The Morgan fingerprint density at radius 2 is 2.27 bits per heavy atom. The second-order valence-electron chi connectivity index (χ2n) is 3.11. The van der Waals surface area contributed by atoms with Gasteiger partial charge in [0.25, 0.3) is 0 Å². The van der Waals surface area contributed by atoms with Gasteiger partial charge in [-0.15, -0.1) is 11.3 Å². The molecule has 2 N–H and O–H groups in total. The lowest BCUT2D eigenvalue weighted by Gasteiger charge is -1.92.